The Bertz CT molecular complexity index is 925. The maximum atomic E-state index is 12.7. The van der Waals surface area contributed by atoms with Crippen LogP contribution in [0.4, 0.5) is 0 Å². The van der Waals surface area contributed by atoms with Gasteiger partial charge in [0.25, 0.3) is 5.91 Å². The SMILES string of the molecule is COc1ccc(C(=O)N[C@H](c2nc(-c3ccccc3)no2)C(C)C)cc1Cl. The van der Waals surface area contributed by atoms with Crippen molar-refractivity contribution in [2.24, 2.45) is 5.92 Å². The molecule has 3 aromatic rings. The first-order chi connectivity index (χ1) is 13.0. The fraction of sp³-hybridized carbons (Fsp3) is 0.250. The molecule has 0 bridgehead atoms. The zero-order valence-corrected chi connectivity index (χ0v) is 16.0. The van der Waals surface area contributed by atoms with Crippen molar-refractivity contribution in [1.29, 1.82) is 0 Å². The molecule has 1 N–H and O–H groups in total. The van der Waals surface area contributed by atoms with Crippen molar-refractivity contribution in [3.05, 3.63) is 65.0 Å². The van der Waals surface area contributed by atoms with Crippen LogP contribution in [-0.4, -0.2) is 23.2 Å². The van der Waals surface area contributed by atoms with Gasteiger partial charge in [0, 0.05) is 11.1 Å². The van der Waals surface area contributed by atoms with Crippen LogP contribution in [0.3, 0.4) is 0 Å². The van der Waals surface area contributed by atoms with Crippen molar-refractivity contribution in [3.63, 3.8) is 0 Å². The largest absolute Gasteiger partial charge is 0.495 e. The Morgan fingerprint density at radius 3 is 2.56 bits per heavy atom. The van der Waals surface area contributed by atoms with Gasteiger partial charge in [-0.25, -0.2) is 0 Å². The van der Waals surface area contributed by atoms with Crippen molar-refractivity contribution < 1.29 is 14.1 Å². The number of carbonyl (C=O) groups excluding carboxylic acids is 1. The van der Waals surface area contributed by atoms with Crippen LogP contribution in [0.2, 0.25) is 5.02 Å². The molecule has 0 spiro atoms. The summed E-state index contributed by atoms with van der Waals surface area (Å²) in [6, 6.07) is 14.0. The lowest BCUT2D eigenvalue weighted by atomic mass is 10.0. The molecule has 27 heavy (non-hydrogen) atoms. The van der Waals surface area contributed by atoms with Gasteiger partial charge in [-0.15, -0.1) is 0 Å². The van der Waals surface area contributed by atoms with E-state index in [0.29, 0.717) is 28.1 Å². The molecule has 0 fully saturated rings. The lowest BCUT2D eigenvalue weighted by molar-refractivity contribution is 0.0914. The fourth-order valence-corrected chi connectivity index (χ4v) is 2.87. The molecule has 6 nitrogen and oxygen atoms in total. The van der Waals surface area contributed by atoms with Gasteiger partial charge in [-0.3, -0.25) is 4.79 Å². The predicted molar refractivity (Wildman–Crippen MR) is 103 cm³/mol. The molecule has 3 rings (SSSR count). The van der Waals surface area contributed by atoms with Gasteiger partial charge in [-0.1, -0.05) is 60.9 Å². The average molecular weight is 386 g/mol. The van der Waals surface area contributed by atoms with E-state index < -0.39 is 6.04 Å². The molecule has 0 aliphatic heterocycles. The van der Waals surface area contributed by atoms with Crippen molar-refractivity contribution in [1.82, 2.24) is 15.5 Å². The van der Waals surface area contributed by atoms with Gasteiger partial charge >= 0.3 is 0 Å². The number of nitrogens with one attached hydrogen (secondary N) is 1. The van der Waals surface area contributed by atoms with Crippen molar-refractivity contribution in [2.45, 2.75) is 19.9 Å². The quantitative estimate of drug-likeness (QED) is 0.674. The van der Waals surface area contributed by atoms with Gasteiger partial charge in [-0.2, -0.15) is 4.98 Å². The van der Waals surface area contributed by atoms with E-state index >= 15 is 0 Å². The van der Waals surface area contributed by atoms with Gasteiger partial charge in [-0.05, 0) is 24.1 Å². The van der Waals surface area contributed by atoms with Crippen LogP contribution < -0.4 is 10.1 Å². The Kier molecular flexibility index (Phi) is 5.76. The second-order valence-electron chi connectivity index (χ2n) is 6.37. The number of nitrogens with zero attached hydrogens (tertiary/aromatic N) is 2. The van der Waals surface area contributed by atoms with Gasteiger partial charge in [0.15, 0.2) is 0 Å². The van der Waals surface area contributed by atoms with E-state index in [1.54, 1.807) is 18.2 Å². The number of halogens is 1. The minimum Gasteiger partial charge on any atom is -0.495 e. The molecule has 1 atom stereocenters. The Balaban J connectivity index is 1.81. The number of ether oxygens (including phenoxy) is 1. The Morgan fingerprint density at radius 1 is 1.19 bits per heavy atom. The maximum Gasteiger partial charge on any atom is 0.251 e. The van der Waals surface area contributed by atoms with E-state index in [2.05, 4.69) is 15.5 Å². The monoisotopic (exact) mass is 385 g/mol. The van der Waals surface area contributed by atoms with E-state index in [1.807, 2.05) is 44.2 Å². The highest BCUT2D eigenvalue weighted by Gasteiger charge is 2.25. The fourth-order valence-electron chi connectivity index (χ4n) is 2.61. The zero-order valence-electron chi connectivity index (χ0n) is 15.3. The molecule has 0 aliphatic rings. The Morgan fingerprint density at radius 2 is 1.93 bits per heavy atom. The Hall–Kier alpha value is -2.86. The Labute approximate surface area is 162 Å². The summed E-state index contributed by atoms with van der Waals surface area (Å²) in [5.74, 6) is 1.12. The van der Waals surface area contributed by atoms with Gasteiger partial charge in [0.1, 0.15) is 11.8 Å². The number of carbonyl (C=O) groups is 1. The molecule has 0 aliphatic carbocycles. The molecular weight excluding hydrogens is 366 g/mol. The highest BCUT2D eigenvalue weighted by Crippen LogP contribution is 2.27. The summed E-state index contributed by atoms with van der Waals surface area (Å²) in [7, 11) is 1.52. The summed E-state index contributed by atoms with van der Waals surface area (Å²) < 4.78 is 10.5. The summed E-state index contributed by atoms with van der Waals surface area (Å²) in [6.45, 7) is 3.94. The number of methoxy groups -OCH3 is 1. The van der Waals surface area contributed by atoms with Crippen LogP contribution in [0.1, 0.15) is 36.1 Å². The number of hydrogen-bond acceptors (Lipinski definition) is 5. The lowest BCUT2D eigenvalue weighted by Crippen LogP contribution is -2.32. The van der Waals surface area contributed by atoms with Crippen LogP contribution in [-0.2, 0) is 0 Å². The lowest BCUT2D eigenvalue weighted by Gasteiger charge is -2.18. The molecule has 2 aromatic carbocycles. The normalized spacial score (nSPS) is 12.0. The van der Waals surface area contributed by atoms with E-state index in [1.165, 1.54) is 7.11 Å². The summed E-state index contributed by atoms with van der Waals surface area (Å²) >= 11 is 6.11. The van der Waals surface area contributed by atoms with Crippen molar-refractivity contribution in [3.8, 4) is 17.1 Å². The van der Waals surface area contributed by atoms with Crippen LogP contribution in [0, 0.1) is 5.92 Å². The predicted octanol–water partition coefficient (Wildman–Crippen LogP) is 4.53. The number of aromatic nitrogens is 2. The standard InChI is InChI=1S/C20H20ClN3O3/c1-12(2)17(20-23-18(24-27-20)13-7-5-4-6-8-13)22-19(25)14-9-10-16(26-3)15(21)11-14/h4-12,17H,1-3H3,(H,22,25)/t17-/m0/s1. The van der Waals surface area contributed by atoms with Crippen LogP contribution in [0.5, 0.6) is 5.75 Å². The third kappa shape index (κ3) is 4.28. The van der Waals surface area contributed by atoms with Crippen LogP contribution in [0.15, 0.2) is 53.1 Å². The molecule has 1 heterocycles. The molecule has 1 amide bonds. The second kappa shape index (κ2) is 8.22. The van der Waals surface area contributed by atoms with Crippen molar-refractivity contribution >= 4 is 17.5 Å². The summed E-state index contributed by atoms with van der Waals surface area (Å²) in [5, 5.41) is 7.35. The highest BCUT2D eigenvalue weighted by atomic mass is 35.5. The molecule has 0 saturated carbocycles. The molecule has 0 radical (unpaired) electrons. The second-order valence-corrected chi connectivity index (χ2v) is 6.77. The number of hydrogen-bond donors (Lipinski definition) is 1. The molecule has 0 saturated heterocycles. The van der Waals surface area contributed by atoms with Crippen molar-refractivity contribution in [2.75, 3.05) is 7.11 Å². The third-order valence-corrected chi connectivity index (χ3v) is 4.40. The van der Waals surface area contributed by atoms with E-state index in [-0.39, 0.29) is 11.8 Å². The van der Waals surface area contributed by atoms with E-state index in [0.717, 1.165) is 5.56 Å². The first-order valence-electron chi connectivity index (χ1n) is 8.53. The smallest absolute Gasteiger partial charge is 0.251 e. The maximum absolute atomic E-state index is 12.7. The third-order valence-electron chi connectivity index (χ3n) is 4.11. The van der Waals surface area contributed by atoms with Gasteiger partial charge in [0.2, 0.25) is 11.7 Å². The molecule has 0 unspecified atom stereocenters. The van der Waals surface area contributed by atoms with Crippen LogP contribution >= 0.6 is 11.6 Å². The molecule has 140 valence electrons. The van der Waals surface area contributed by atoms with E-state index in [9.17, 15) is 4.79 Å². The summed E-state index contributed by atoms with van der Waals surface area (Å²) in [4.78, 5) is 17.1. The van der Waals surface area contributed by atoms with Crippen LogP contribution in [0.25, 0.3) is 11.4 Å². The van der Waals surface area contributed by atoms with E-state index in [4.69, 9.17) is 20.9 Å². The first kappa shape index (κ1) is 18.9. The topological polar surface area (TPSA) is 77.2 Å². The molecule has 7 heteroatoms. The highest BCUT2D eigenvalue weighted by molar-refractivity contribution is 6.32. The first-order valence-corrected chi connectivity index (χ1v) is 8.91. The minimum absolute atomic E-state index is 0.0479. The summed E-state index contributed by atoms with van der Waals surface area (Å²) in [5.41, 5.74) is 1.28. The number of amides is 1. The number of benzene rings is 2. The van der Waals surface area contributed by atoms with Gasteiger partial charge < -0.3 is 14.6 Å². The minimum atomic E-state index is -0.427. The molecular formula is C20H20ClN3O3. The molecule has 1 aromatic heterocycles. The average Bonchev–Trinajstić information content (AvgIpc) is 3.16. The number of rotatable bonds is 6. The van der Waals surface area contributed by atoms with Gasteiger partial charge in [0.05, 0.1) is 12.1 Å². The zero-order chi connectivity index (χ0) is 19.4. The summed E-state index contributed by atoms with van der Waals surface area (Å²) in [6.07, 6.45) is 0.